The highest BCUT2D eigenvalue weighted by Gasteiger charge is 2.43. The number of nitrogens with zero attached hydrogens (tertiary/aromatic N) is 2. The zero-order valence-corrected chi connectivity index (χ0v) is 17.7. The second-order valence-corrected chi connectivity index (χ2v) is 8.54. The third-order valence-corrected chi connectivity index (χ3v) is 6.23. The summed E-state index contributed by atoms with van der Waals surface area (Å²) in [4.78, 5) is 10.3. The molecule has 0 bridgehead atoms. The lowest BCUT2D eigenvalue weighted by molar-refractivity contribution is -0.274. The zero-order chi connectivity index (χ0) is 22.2. The molecule has 1 saturated heterocycles. The maximum Gasteiger partial charge on any atom is 0.573 e. The summed E-state index contributed by atoms with van der Waals surface area (Å²) in [6.07, 6.45) is -3.73. The summed E-state index contributed by atoms with van der Waals surface area (Å²) in [5, 5.41) is 10.6. The van der Waals surface area contributed by atoms with E-state index in [1.807, 2.05) is 6.92 Å². The Labute approximate surface area is 179 Å². The molecule has 1 aromatic carbocycles. The van der Waals surface area contributed by atoms with E-state index in [9.17, 15) is 18.3 Å². The Morgan fingerprint density at radius 1 is 1.19 bits per heavy atom. The Bertz CT molecular complexity index is 902. The number of aromatic amines is 1. The van der Waals surface area contributed by atoms with Crippen molar-refractivity contribution in [2.75, 3.05) is 13.1 Å². The maximum atomic E-state index is 12.5. The van der Waals surface area contributed by atoms with E-state index in [0.717, 1.165) is 43.3 Å². The van der Waals surface area contributed by atoms with E-state index < -0.39 is 18.6 Å². The average Bonchev–Trinajstić information content (AvgIpc) is 3.23. The van der Waals surface area contributed by atoms with Crippen molar-refractivity contribution in [2.45, 2.75) is 58.2 Å². The van der Waals surface area contributed by atoms with Gasteiger partial charge in [-0.05, 0) is 43.7 Å². The van der Waals surface area contributed by atoms with Gasteiger partial charge in [-0.1, -0.05) is 13.0 Å². The average molecular weight is 439 g/mol. The molecule has 1 aliphatic heterocycles. The highest BCUT2D eigenvalue weighted by molar-refractivity contribution is 5.33. The molecule has 0 amide bonds. The fourth-order valence-electron chi connectivity index (χ4n) is 4.76. The number of imidazole rings is 1. The van der Waals surface area contributed by atoms with Gasteiger partial charge in [-0.25, -0.2) is 4.98 Å². The van der Waals surface area contributed by atoms with Gasteiger partial charge in [0.05, 0.1) is 11.8 Å². The predicted octanol–water partition coefficient (Wildman–Crippen LogP) is 3.83. The minimum atomic E-state index is -4.76. The second kappa shape index (κ2) is 8.70. The molecule has 2 N–H and O–H groups in total. The van der Waals surface area contributed by atoms with Crippen molar-refractivity contribution in [3.63, 3.8) is 0 Å². The molecule has 6 nitrogen and oxygen atoms in total. The van der Waals surface area contributed by atoms with Gasteiger partial charge in [0.2, 0.25) is 0 Å². The van der Waals surface area contributed by atoms with Crippen molar-refractivity contribution in [1.82, 2.24) is 14.9 Å². The van der Waals surface area contributed by atoms with Crippen molar-refractivity contribution >= 4 is 0 Å². The van der Waals surface area contributed by atoms with Crippen LogP contribution in [0.5, 0.6) is 11.5 Å². The number of nitrogens with one attached hydrogen (secondary N) is 1. The molecule has 1 saturated carbocycles. The van der Waals surface area contributed by atoms with Crippen molar-refractivity contribution < 1.29 is 27.8 Å². The van der Waals surface area contributed by atoms with E-state index in [1.54, 1.807) is 6.07 Å². The molecular formula is C22H28F3N3O3. The van der Waals surface area contributed by atoms with Crippen molar-refractivity contribution in [3.8, 4) is 11.5 Å². The number of hydrogen-bond donors (Lipinski definition) is 2. The predicted molar refractivity (Wildman–Crippen MR) is 108 cm³/mol. The molecule has 170 valence electrons. The monoisotopic (exact) mass is 439 g/mol. The third-order valence-electron chi connectivity index (χ3n) is 6.23. The van der Waals surface area contributed by atoms with Gasteiger partial charge in [0.1, 0.15) is 23.4 Å². The summed E-state index contributed by atoms with van der Waals surface area (Å²) >= 11 is 0. The van der Waals surface area contributed by atoms with Gasteiger partial charge in [-0.15, -0.1) is 13.2 Å². The summed E-state index contributed by atoms with van der Waals surface area (Å²) in [5.74, 6) is 1.66. The van der Waals surface area contributed by atoms with Crippen molar-refractivity contribution in [1.29, 1.82) is 0 Å². The molecule has 1 aromatic heterocycles. The lowest BCUT2D eigenvalue weighted by Gasteiger charge is -2.35. The molecule has 0 radical (unpaired) electrons. The van der Waals surface area contributed by atoms with Gasteiger partial charge in [0.25, 0.3) is 0 Å². The number of fused-ring (bicyclic) bond motifs is 1. The first kappa shape index (κ1) is 22.0. The molecule has 2 heterocycles. The number of ether oxygens (including phenoxy) is 2. The molecule has 2 fully saturated rings. The molecule has 0 unspecified atom stereocenters. The number of aryl methyl sites for hydroxylation is 2. The van der Waals surface area contributed by atoms with E-state index in [0.29, 0.717) is 24.7 Å². The van der Waals surface area contributed by atoms with Crippen LogP contribution in [0.3, 0.4) is 0 Å². The molecule has 4 atom stereocenters. The van der Waals surface area contributed by atoms with Gasteiger partial charge in [-0.3, -0.25) is 4.90 Å². The van der Waals surface area contributed by atoms with Crippen molar-refractivity contribution in [3.05, 3.63) is 41.5 Å². The van der Waals surface area contributed by atoms with Gasteiger partial charge in [0, 0.05) is 37.8 Å². The number of alkyl halides is 3. The Morgan fingerprint density at radius 3 is 2.58 bits per heavy atom. The standard InChI is InChI=1S/C22H28F3N3O3/c1-3-21-26-13(2)18(27-21)12-28-10-14-7-19(29)20(8-15(14)11-28)30-16-5-4-6-17(9-16)31-22(23,24)25/h4-6,9,14-15,19-20,29H,3,7-8,10-12H2,1-2H3,(H,26,27)/t14-,15+,19+,20+/m0/s1. The van der Waals surface area contributed by atoms with Gasteiger partial charge in [-0.2, -0.15) is 0 Å². The molecule has 9 heteroatoms. The number of H-pyrrole nitrogens is 1. The maximum absolute atomic E-state index is 12.5. The first-order valence-electron chi connectivity index (χ1n) is 10.7. The third kappa shape index (κ3) is 5.33. The summed E-state index contributed by atoms with van der Waals surface area (Å²) < 4.78 is 47.2. The number of hydrogen-bond acceptors (Lipinski definition) is 5. The SMILES string of the molecule is CCc1nc(CN2C[C@H]3C[C@@H](Oc4cccc(OC(F)(F)F)c4)[C@H](O)C[C@H]3C2)c(C)[nH]1. The summed E-state index contributed by atoms with van der Waals surface area (Å²) in [5.41, 5.74) is 2.15. The lowest BCUT2D eigenvalue weighted by Crippen LogP contribution is -2.42. The van der Waals surface area contributed by atoms with Crippen LogP contribution < -0.4 is 9.47 Å². The van der Waals surface area contributed by atoms with Crippen LogP contribution in [0.15, 0.2) is 24.3 Å². The first-order valence-corrected chi connectivity index (χ1v) is 10.7. The van der Waals surface area contributed by atoms with Crippen LogP contribution in [0.2, 0.25) is 0 Å². The van der Waals surface area contributed by atoms with Crippen LogP contribution >= 0.6 is 0 Å². The molecule has 31 heavy (non-hydrogen) atoms. The van der Waals surface area contributed by atoms with Crippen molar-refractivity contribution in [2.24, 2.45) is 11.8 Å². The number of aromatic nitrogens is 2. The highest BCUT2D eigenvalue weighted by atomic mass is 19.4. The Kier molecular flexibility index (Phi) is 6.16. The van der Waals surface area contributed by atoms with Crippen LogP contribution in [-0.2, 0) is 13.0 Å². The highest BCUT2D eigenvalue weighted by Crippen LogP contribution is 2.39. The summed E-state index contributed by atoms with van der Waals surface area (Å²) in [6, 6.07) is 5.46. The fraction of sp³-hybridized carbons (Fsp3) is 0.591. The van der Waals surface area contributed by atoms with E-state index in [1.165, 1.54) is 18.2 Å². The number of likely N-dealkylation sites (tertiary alicyclic amines) is 1. The van der Waals surface area contributed by atoms with Gasteiger partial charge < -0.3 is 19.6 Å². The summed E-state index contributed by atoms with van der Waals surface area (Å²) in [7, 11) is 0. The van der Waals surface area contributed by atoms with E-state index in [4.69, 9.17) is 4.74 Å². The number of aliphatic hydroxyl groups is 1. The topological polar surface area (TPSA) is 70.6 Å². The molecule has 4 rings (SSSR count). The molecule has 0 spiro atoms. The normalized spacial score (nSPS) is 26.6. The first-order chi connectivity index (χ1) is 14.7. The fourth-order valence-corrected chi connectivity index (χ4v) is 4.76. The minimum Gasteiger partial charge on any atom is -0.488 e. The smallest absolute Gasteiger partial charge is 0.488 e. The number of aliphatic hydroxyl groups excluding tert-OH is 1. The number of benzene rings is 1. The molecular weight excluding hydrogens is 411 g/mol. The Hall–Kier alpha value is -2.26. The quantitative estimate of drug-likeness (QED) is 0.716. The van der Waals surface area contributed by atoms with E-state index in [-0.39, 0.29) is 11.5 Å². The van der Waals surface area contributed by atoms with Gasteiger partial charge in [0.15, 0.2) is 0 Å². The largest absolute Gasteiger partial charge is 0.573 e. The van der Waals surface area contributed by atoms with E-state index in [2.05, 4.69) is 26.5 Å². The van der Waals surface area contributed by atoms with E-state index >= 15 is 0 Å². The minimum absolute atomic E-state index is 0.262. The van der Waals surface area contributed by atoms with Crippen LogP contribution in [-0.4, -0.2) is 51.6 Å². The number of halogens is 3. The Balaban J connectivity index is 1.37. The molecule has 2 aliphatic rings. The second-order valence-electron chi connectivity index (χ2n) is 8.54. The summed E-state index contributed by atoms with van der Waals surface area (Å²) in [6.45, 7) is 6.67. The van der Waals surface area contributed by atoms with Crippen LogP contribution in [0.25, 0.3) is 0 Å². The number of rotatable bonds is 6. The van der Waals surface area contributed by atoms with Gasteiger partial charge >= 0.3 is 6.36 Å². The lowest BCUT2D eigenvalue weighted by atomic mass is 9.78. The van der Waals surface area contributed by atoms with Crippen LogP contribution in [0.1, 0.15) is 37.0 Å². The molecule has 1 aliphatic carbocycles. The molecule has 2 aromatic rings. The zero-order valence-electron chi connectivity index (χ0n) is 17.7. The van der Waals surface area contributed by atoms with Crippen LogP contribution in [0.4, 0.5) is 13.2 Å². The van der Waals surface area contributed by atoms with Crippen LogP contribution in [0, 0.1) is 18.8 Å². The Morgan fingerprint density at radius 2 is 1.90 bits per heavy atom.